The van der Waals surface area contributed by atoms with Crippen LogP contribution in [0.2, 0.25) is 0 Å². The maximum absolute atomic E-state index is 9.44. The molecular weight excluding hydrogens is 218 g/mol. The Balaban J connectivity index is 2.67. The van der Waals surface area contributed by atoms with Crippen molar-refractivity contribution in [1.82, 2.24) is 0 Å². The molecule has 0 spiro atoms. The van der Waals surface area contributed by atoms with E-state index in [0.717, 1.165) is 16.3 Å². The van der Waals surface area contributed by atoms with Crippen molar-refractivity contribution in [3.63, 3.8) is 0 Å². The van der Waals surface area contributed by atoms with Crippen LogP contribution in [0.25, 0.3) is 21.5 Å². The zero-order chi connectivity index (χ0) is 12.7. The first-order valence-electron chi connectivity index (χ1n) is 6.04. The van der Waals surface area contributed by atoms with Crippen LogP contribution in [0.1, 0.15) is 16.7 Å². The molecule has 0 bridgehead atoms. The van der Waals surface area contributed by atoms with E-state index in [4.69, 9.17) is 0 Å². The molecule has 0 N–H and O–H groups in total. The minimum atomic E-state index is 0.784. The third kappa shape index (κ3) is 1.39. The molecule has 0 aliphatic carbocycles. The third-order valence-electron chi connectivity index (χ3n) is 3.56. The van der Waals surface area contributed by atoms with E-state index in [1.54, 1.807) is 0 Å². The molecule has 0 aromatic heterocycles. The number of nitrogens with zero attached hydrogens (tertiary/aromatic N) is 1. The summed E-state index contributed by atoms with van der Waals surface area (Å²) in [5.74, 6) is 0. The Labute approximate surface area is 106 Å². The molecule has 0 amide bonds. The minimum Gasteiger partial charge on any atom is -0.192 e. The largest absolute Gasteiger partial charge is 0.192 e. The second-order valence-electron chi connectivity index (χ2n) is 4.71. The Hall–Kier alpha value is -2.33. The highest BCUT2D eigenvalue weighted by atomic mass is 14.3. The molecule has 3 aromatic rings. The molecule has 0 heterocycles. The van der Waals surface area contributed by atoms with Crippen molar-refractivity contribution in [3.05, 3.63) is 59.2 Å². The Morgan fingerprint density at radius 2 is 1.50 bits per heavy atom. The van der Waals surface area contributed by atoms with Crippen molar-refractivity contribution in [2.75, 3.05) is 0 Å². The van der Waals surface area contributed by atoms with Gasteiger partial charge in [-0.15, -0.1) is 0 Å². The Bertz CT molecular complexity index is 807. The monoisotopic (exact) mass is 231 g/mol. The lowest BCUT2D eigenvalue weighted by Crippen LogP contribution is -1.89. The van der Waals surface area contributed by atoms with Gasteiger partial charge < -0.3 is 0 Å². The van der Waals surface area contributed by atoms with E-state index in [2.05, 4.69) is 44.2 Å². The molecule has 0 radical (unpaired) electrons. The second kappa shape index (κ2) is 3.85. The number of benzene rings is 3. The molecule has 0 unspecified atom stereocenters. The number of rotatable bonds is 0. The van der Waals surface area contributed by atoms with E-state index in [9.17, 15) is 5.26 Å². The summed E-state index contributed by atoms with van der Waals surface area (Å²) in [6.45, 7) is 4.21. The lowest BCUT2D eigenvalue weighted by Gasteiger charge is -2.10. The van der Waals surface area contributed by atoms with Gasteiger partial charge in [-0.05, 0) is 30.2 Å². The zero-order valence-corrected chi connectivity index (χ0v) is 10.5. The molecular formula is C17H13N. The zero-order valence-electron chi connectivity index (χ0n) is 10.5. The maximum atomic E-state index is 9.44. The van der Waals surface area contributed by atoms with E-state index >= 15 is 0 Å². The van der Waals surface area contributed by atoms with Crippen molar-refractivity contribution in [1.29, 1.82) is 5.26 Å². The average molecular weight is 231 g/mol. The van der Waals surface area contributed by atoms with Crippen LogP contribution < -0.4 is 0 Å². The van der Waals surface area contributed by atoms with Crippen LogP contribution in [0, 0.1) is 25.2 Å². The molecule has 1 heteroatoms. The lowest BCUT2D eigenvalue weighted by molar-refractivity contribution is 1.47. The van der Waals surface area contributed by atoms with Gasteiger partial charge in [0, 0.05) is 10.8 Å². The van der Waals surface area contributed by atoms with Crippen LogP contribution in [0.15, 0.2) is 42.5 Å². The number of nitriles is 1. The second-order valence-corrected chi connectivity index (χ2v) is 4.71. The summed E-state index contributed by atoms with van der Waals surface area (Å²) in [6, 6.07) is 16.8. The number of hydrogen-bond donors (Lipinski definition) is 0. The molecule has 18 heavy (non-hydrogen) atoms. The molecule has 86 valence electrons. The normalized spacial score (nSPS) is 10.7. The molecule has 0 saturated carbocycles. The number of hydrogen-bond acceptors (Lipinski definition) is 1. The third-order valence-corrected chi connectivity index (χ3v) is 3.56. The average Bonchev–Trinajstić information content (AvgIpc) is 2.40. The molecule has 0 atom stereocenters. The van der Waals surface area contributed by atoms with Crippen LogP contribution in [-0.2, 0) is 0 Å². The molecule has 0 aliphatic heterocycles. The maximum Gasteiger partial charge on any atom is 0.100 e. The first kappa shape index (κ1) is 10.8. The van der Waals surface area contributed by atoms with Gasteiger partial charge in [-0.3, -0.25) is 0 Å². The predicted molar refractivity (Wildman–Crippen MR) is 75.6 cm³/mol. The van der Waals surface area contributed by atoms with E-state index in [0.29, 0.717) is 0 Å². The van der Waals surface area contributed by atoms with Crippen molar-refractivity contribution >= 4 is 21.5 Å². The molecule has 0 saturated heterocycles. The van der Waals surface area contributed by atoms with E-state index in [-0.39, 0.29) is 0 Å². The fourth-order valence-corrected chi connectivity index (χ4v) is 2.63. The number of aryl methyl sites for hydroxylation is 2. The SMILES string of the molecule is Cc1ccc2c(C#N)c3ccccc3c(C)c2c1. The van der Waals surface area contributed by atoms with Gasteiger partial charge in [-0.25, -0.2) is 0 Å². The van der Waals surface area contributed by atoms with Crippen molar-refractivity contribution in [3.8, 4) is 6.07 Å². The molecule has 3 rings (SSSR count). The minimum absolute atomic E-state index is 0.784. The highest BCUT2D eigenvalue weighted by molar-refractivity contribution is 6.07. The van der Waals surface area contributed by atoms with E-state index in [1.165, 1.54) is 21.9 Å². The highest BCUT2D eigenvalue weighted by Crippen LogP contribution is 2.32. The molecule has 0 fully saturated rings. The topological polar surface area (TPSA) is 23.8 Å². The quantitative estimate of drug-likeness (QED) is 0.523. The van der Waals surface area contributed by atoms with Gasteiger partial charge in [0.05, 0.1) is 5.56 Å². The summed E-state index contributed by atoms with van der Waals surface area (Å²) in [4.78, 5) is 0. The summed E-state index contributed by atoms with van der Waals surface area (Å²) in [7, 11) is 0. The molecule has 0 aliphatic rings. The lowest BCUT2D eigenvalue weighted by atomic mass is 9.92. The van der Waals surface area contributed by atoms with Crippen LogP contribution in [0.5, 0.6) is 0 Å². The Morgan fingerprint density at radius 3 is 2.22 bits per heavy atom. The standard InChI is InChI=1S/C17H13N/c1-11-7-8-15-16(9-11)12(2)13-5-3-4-6-14(13)17(15)10-18/h3-9H,1-2H3. The Kier molecular flexibility index (Phi) is 2.31. The van der Waals surface area contributed by atoms with Gasteiger partial charge in [0.2, 0.25) is 0 Å². The van der Waals surface area contributed by atoms with Crippen molar-refractivity contribution < 1.29 is 0 Å². The van der Waals surface area contributed by atoms with Crippen molar-refractivity contribution in [2.24, 2.45) is 0 Å². The van der Waals surface area contributed by atoms with Gasteiger partial charge in [-0.1, -0.05) is 48.0 Å². The smallest absolute Gasteiger partial charge is 0.100 e. The summed E-state index contributed by atoms with van der Waals surface area (Å²) in [6.07, 6.45) is 0. The van der Waals surface area contributed by atoms with Crippen LogP contribution in [0.3, 0.4) is 0 Å². The van der Waals surface area contributed by atoms with Gasteiger partial charge >= 0.3 is 0 Å². The predicted octanol–water partition coefficient (Wildman–Crippen LogP) is 4.48. The summed E-state index contributed by atoms with van der Waals surface area (Å²) in [5.41, 5.74) is 3.26. The van der Waals surface area contributed by atoms with Crippen LogP contribution in [-0.4, -0.2) is 0 Å². The molecule has 3 aromatic carbocycles. The van der Waals surface area contributed by atoms with Gasteiger partial charge in [0.25, 0.3) is 0 Å². The summed E-state index contributed by atoms with van der Waals surface area (Å²) in [5, 5.41) is 13.9. The fourth-order valence-electron chi connectivity index (χ4n) is 2.63. The van der Waals surface area contributed by atoms with E-state index < -0.39 is 0 Å². The first-order valence-corrected chi connectivity index (χ1v) is 6.04. The van der Waals surface area contributed by atoms with E-state index in [1.807, 2.05) is 18.2 Å². The van der Waals surface area contributed by atoms with Gasteiger partial charge in [0.15, 0.2) is 0 Å². The molecule has 1 nitrogen and oxygen atoms in total. The van der Waals surface area contributed by atoms with Crippen LogP contribution in [0.4, 0.5) is 0 Å². The number of fused-ring (bicyclic) bond motifs is 2. The fraction of sp³-hybridized carbons (Fsp3) is 0.118. The van der Waals surface area contributed by atoms with Gasteiger partial charge in [0.1, 0.15) is 6.07 Å². The van der Waals surface area contributed by atoms with Gasteiger partial charge in [-0.2, -0.15) is 5.26 Å². The summed E-state index contributed by atoms with van der Waals surface area (Å²) >= 11 is 0. The van der Waals surface area contributed by atoms with Crippen molar-refractivity contribution in [2.45, 2.75) is 13.8 Å². The highest BCUT2D eigenvalue weighted by Gasteiger charge is 2.10. The van der Waals surface area contributed by atoms with Crippen LogP contribution >= 0.6 is 0 Å². The first-order chi connectivity index (χ1) is 8.72. The summed E-state index contributed by atoms with van der Waals surface area (Å²) < 4.78 is 0. The Morgan fingerprint density at radius 1 is 0.833 bits per heavy atom.